The Labute approximate surface area is 121 Å². The number of hydrogen-bond acceptors (Lipinski definition) is 3. The van der Waals surface area contributed by atoms with E-state index in [-0.39, 0.29) is 11.9 Å². The van der Waals surface area contributed by atoms with Crippen molar-refractivity contribution in [3.05, 3.63) is 24.0 Å². The van der Waals surface area contributed by atoms with E-state index in [9.17, 15) is 4.79 Å². The lowest BCUT2D eigenvalue weighted by Gasteiger charge is -2.27. The Bertz CT molecular complexity index is 419. The van der Waals surface area contributed by atoms with Gasteiger partial charge < -0.3 is 4.74 Å². The summed E-state index contributed by atoms with van der Waals surface area (Å²) in [5, 5.41) is 0. The Hall–Kier alpha value is -1.38. The molecule has 1 aromatic rings. The number of ether oxygens (including phenoxy) is 1. The number of nitrogens with zero attached hydrogens (tertiary/aromatic N) is 1. The van der Waals surface area contributed by atoms with E-state index in [1.54, 1.807) is 6.20 Å². The van der Waals surface area contributed by atoms with E-state index in [1.807, 2.05) is 19.1 Å². The molecule has 3 nitrogen and oxygen atoms in total. The van der Waals surface area contributed by atoms with Gasteiger partial charge in [0, 0.05) is 5.69 Å². The second-order valence-electron chi connectivity index (χ2n) is 5.92. The molecule has 0 aliphatic heterocycles. The van der Waals surface area contributed by atoms with Crippen LogP contribution in [0.1, 0.15) is 57.6 Å². The Morgan fingerprint density at radius 2 is 2.05 bits per heavy atom. The summed E-state index contributed by atoms with van der Waals surface area (Å²) in [7, 11) is 0. The molecule has 1 aliphatic carbocycles. The zero-order chi connectivity index (χ0) is 14.4. The van der Waals surface area contributed by atoms with Gasteiger partial charge in [0.2, 0.25) is 0 Å². The average molecular weight is 275 g/mol. The van der Waals surface area contributed by atoms with E-state index in [4.69, 9.17) is 4.74 Å². The summed E-state index contributed by atoms with van der Waals surface area (Å²) < 4.78 is 5.42. The summed E-state index contributed by atoms with van der Waals surface area (Å²) in [6, 6.07) is 3.68. The van der Waals surface area contributed by atoms with Crippen molar-refractivity contribution in [2.24, 2.45) is 11.8 Å². The first-order chi connectivity index (χ1) is 9.69. The molecule has 0 atom stereocenters. The van der Waals surface area contributed by atoms with Crippen molar-refractivity contribution >= 4 is 5.97 Å². The fourth-order valence-corrected chi connectivity index (χ4v) is 2.89. The Morgan fingerprint density at radius 1 is 1.30 bits per heavy atom. The molecule has 0 aromatic carbocycles. The SMILES string of the molecule is CCCC[C@H]1CC[C@H](C(=O)Oc2ccc(C)nc2)CC1. The fourth-order valence-electron chi connectivity index (χ4n) is 2.89. The molecule has 1 fully saturated rings. The molecule has 3 heteroatoms. The van der Waals surface area contributed by atoms with Gasteiger partial charge in [-0.05, 0) is 50.7 Å². The minimum atomic E-state index is -0.0791. The molecule has 0 radical (unpaired) electrons. The van der Waals surface area contributed by atoms with E-state index in [2.05, 4.69) is 11.9 Å². The molecular weight excluding hydrogens is 250 g/mol. The summed E-state index contributed by atoms with van der Waals surface area (Å²) in [5.41, 5.74) is 0.932. The quantitative estimate of drug-likeness (QED) is 0.752. The predicted octanol–water partition coefficient (Wildman–Crippen LogP) is 4.29. The van der Waals surface area contributed by atoms with Gasteiger partial charge in [-0.1, -0.05) is 26.2 Å². The monoisotopic (exact) mass is 275 g/mol. The highest BCUT2D eigenvalue weighted by atomic mass is 16.5. The van der Waals surface area contributed by atoms with Gasteiger partial charge in [-0.15, -0.1) is 0 Å². The van der Waals surface area contributed by atoms with Crippen molar-refractivity contribution in [2.45, 2.75) is 58.8 Å². The van der Waals surface area contributed by atoms with Crippen molar-refractivity contribution in [2.75, 3.05) is 0 Å². The summed E-state index contributed by atoms with van der Waals surface area (Å²) >= 11 is 0. The molecule has 0 N–H and O–H groups in total. The van der Waals surface area contributed by atoms with E-state index in [1.165, 1.54) is 32.1 Å². The number of carbonyl (C=O) groups is 1. The lowest BCUT2D eigenvalue weighted by atomic mass is 9.80. The molecule has 1 heterocycles. The van der Waals surface area contributed by atoms with Crippen LogP contribution in [0.5, 0.6) is 5.75 Å². The first-order valence-corrected chi connectivity index (χ1v) is 7.83. The molecule has 0 spiro atoms. The average Bonchev–Trinajstić information content (AvgIpc) is 2.48. The third kappa shape index (κ3) is 4.32. The van der Waals surface area contributed by atoms with E-state index < -0.39 is 0 Å². The number of aromatic nitrogens is 1. The maximum absolute atomic E-state index is 12.1. The molecule has 1 saturated carbocycles. The third-order valence-corrected chi connectivity index (χ3v) is 4.25. The topological polar surface area (TPSA) is 39.2 Å². The number of pyridine rings is 1. The molecule has 0 amide bonds. The maximum Gasteiger partial charge on any atom is 0.314 e. The van der Waals surface area contributed by atoms with Crippen LogP contribution in [0.3, 0.4) is 0 Å². The highest BCUT2D eigenvalue weighted by Gasteiger charge is 2.27. The summed E-state index contributed by atoms with van der Waals surface area (Å²) in [4.78, 5) is 16.3. The van der Waals surface area contributed by atoms with Gasteiger partial charge in [0.1, 0.15) is 5.75 Å². The van der Waals surface area contributed by atoms with E-state index in [0.717, 1.165) is 24.5 Å². The van der Waals surface area contributed by atoms with Crippen LogP contribution in [0, 0.1) is 18.8 Å². The number of hydrogen-bond donors (Lipinski definition) is 0. The molecule has 1 aliphatic rings. The van der Waals surface area contributed by atoms with E-state index >= 15 is 0 Å². The number of unbranched alkanes of at least 4 members (excludes halogenated alkanes) is 1. The molecule has 2 rings (SSSR count). The van der Waals surface area contributed by atoms with Crippen LogP contribution >= 0.6 is 0 Å². The van der Waals surface area contributed by atoms with Gasteiger partial charge in [-0.3, -0.25) is 9.78 Å². The first-order valence-electron chi connectivity index (χ1n) is 7.83. The van der Waals surface area contributed by atoms with Crippen LogP contribution in [0.2, 0.25) is 0 Å². The molecule has 110 valence electrons. The second kappa shape index (κ2) is 7.41. The summed E-state index contributed by atoms with van der Waals surface area (Å²) in [6.45, 7) is 4.15. The Balaban J connectivity index is 1.78. The minimum absolute atomic E-state index is 0.0779. The number of aryl methyl sites for hydroxylation is 1. The highest BCUT2D eigenvalue weighted by molar-refractivity contribution is 5.75. The van der Waals surface area contributed by atoms with Gasteiger partial charge >= 0.3 is 5.97 Å². The maximum atomic E-state index is 12.1. The van der Waals surface area contributed by atoms with Crippen LogP contribution in [-0.4, -0.2) is 11.0 Å². The van der Waals surface area contributed by atoms with E-state index in [0.29, 0.717) is 5.75 Å². The molecule has 0 unspecified atom stereocenters. The molecule has 20 heavy (non-hydrogen) atoms. The van der Waals surface area contributed by atoms with Crippen molar-refractivity contribution in [1.82, 2.24) is 4.98 Å². The standard InChI is InChI=1S/C17H25NO2/c1-3-4-5-14-7-9-15(10-8-14)17(19)20-16-11-6-13(2)18-12-16/h6,11-12,14-15H,3-5,7-10H2,1-2H3/t14-,15-. The lowest BCUT2D eigenvalue weighted by molar-refractivity contribution is -0.140. The van der Waals surface area contributed by atoms with Crippen LogP contribution in [0.25, 0.3) is 0 Å². The van der Waals surface area contributed by atoms with Crippen molar-refractivity contribution in [1.29, 1.82) is 0 Å². The first kappa shape index (κ1) is 15.0. The molecule has 0 saturated heterocycles. The minimum Gasteiger partial charge on any atom is -0.425 e. The zero-order valence-corrected chi connectivity index (χ0v) is 12.6. The van der Waals surface area contributed by atoms with Gasteiger partial charge in [0.25, 0.3) is 0 Å². The number of esters is 1. The molecular formula is C17H25NO2. The van der Waals surface area contributed by atoms with Gasteiger partial charge in [0.05, 0.1) is 12.1 Å². The van der Waals surface area contributed by atoms with Crippen molar-refractivity contribution in [3.63, 3.8) is 0 Å². The fraction of sp³-hybridized carbons (Fsp3) is 0.647. The Morgan fingerprint density at radius 3 is 2.65 bits per heavy atom. The summed E-state index contributed by atoms with van der Waals surface area (Å²) in [6.07, 6.45) is 9.83. The van der Waals surface area contributed by atoms with Crippen LogP contribution in [0.4, 0.5) is 0 Å². The van der Waals surface area contributed by atoms with Gasteiger partial charge in [-0.25, -0.2) is 0 Å². The van der Waals surface area contributed by atoms with Crippen molar-refractivity contribution < 1.29 is 9.53 Å². The van der Waals surface area contributed by atoms with Gasteiger partial charge in [0.15, 0.2) is 0 Å². The Kier molecular flexibility index (Phi) is 5.57. The number of carbonyl (C=O) groups excluding carboxylic acids is 1. The highest BCUT2D eigenvalue weighted by Crippen LogP contribution is 2.32. The van der Waals surface area contributed by atoms with Crippen molar-refractivity contribution in [3.8, 4) is 5.75 Å². The summed E-state index contributed by atoms with van der Waals surface area (Å²) in [5.74, 6) is 1.38. The normalized spacial score (nSPS) is 22.5. The number of rotatable bonds is 5. The lowest BCUT2D eigenvalue weighted by Crippen LogP contribution is -2.25. The molecule has 0 bridgehead atoms. The zero-order valence-electron chi connectivity index (χ0n) is 12.6. The second-order valence-corrected chi connectivity index (χ2v) is 5.92. The largest absolute Gasteiger partial charge is 0.425 e. The smallest absolute Gasteiger partial charge is 0.314 e. The van der Waals surface area contributed by atoms with Gasteiger partial charge in [-0.2, -0.15) is 0 Å². The van der Waals surface area contributed by atoms with Crippen LogP contribution in [-0.2, 0) is 4.79 Å². The third-order valence-electron chi connectivity index (χ3n) is 4.25. The van der Waals surface area contributed by atoms with Crippen LogP contribution < -0.4 is 4.74 Å². The molecule has 1 aromatic heterocycles. The van der Waals surface area contributed by atoms with Crippen LogP contribution in [0.15, 0.2) is 18.3 Å². The predicted molar refractivity (Wildman–Crippen MR) is 79.6 cm³/mol.